The van der Waals surface area contributed by atoms with E-state index in [-0.39, 0.29) is 0 Å². The smallest absolute Gasteiger partial charge is 0.186 e. The molecule has 2 aromatic carbocycles. The molecule has 0 atom stereocenters. The summed E-state index contributed by atoms with van der Waals surface area (Å²) in [5, 5.41) is 11.1. The number of benzene rings is 2. The van der Waals surface area contributed by atoms with Crippen LogP contribution in [0.4, 0.5) is 10.8 Å². The number of phenolic OH excluding ortho intramolecular Hbond substituents is 1. The lowest BCUT2D eigenvalue weighted by atomic mass is 10.2. The maximum Gasteiger partial charge on any atom is 0.186 e. The highest BCUT2D eigenvalue weighted by atomic mass is 32.2. The number of piperazine rings is 1. The first-order valence-electron chi connectivity index (χ1n) is 7.97. The summed E-state index contributed by atoms with van der Waals surface area (Å²) in [4.78, 5) is 10.7. The van der Waals surface area contributed by atoms with Crippen molar-refractivity contribution in [2.45, 2.75) is 4.90 Å². The number of rotatable bonds is 3. The monoisotopic (exact) mass is 357 g/mol. The van der Waals surface area contributed by atoms with Gasteiger partial charge in [0.1, 0.15) is 5.75 Å². The molecule has 1 fully saturated rings. The van der Waals surface area contributed by atoms with E-state index < -0.39 is 0 Å². The third kappa shape index (κ3) is 2.80. The van der Waals surface area contributed by atoms with Crippen molar-refractivity contribution in [3.05, 3.63) is 42.5 Å². The first kappa shape index (κ1) is 15.6. The lowest BCUT2D eigenvalue weighted by molar-refractivity contribution is 0.472. The zero-order chi connectivity index (χ0) is 16.5. The lowest BCUT2D eigenvalue weighted by Crippen LogP contribution is -2.46. The van der Waals surface area contributed by atoms with Crippen LogP contribution in [0.15, 0.2) is 47.4 Å². The SMILES string of the molecule is CSc1cccc2sc(N3CCN(c4ccccc4O)CC3)nc12. The molecule has 0 bridgehead atoms. The molecule has 0 spiro atoms. The van der Waals surface area contributed by atoms with Gasteiger partial charge in [-0.2, -0.15) is 0 Å². The van der Waals surface area contributed by atoms with Gasteiger partial charge < -0.3 is 14.9 Å². The molecule has 4 rings (SSSR count). The number of thiazole rings is 1. The van der Waals surface area contributed by atoms with E-state index in [0.29, 0.717) is 5.75 Å². The van der Waals surface area contributed by atoms with Crippen LogP contribution in [-0.2, 0) is 0 Å². The van der Waals surface area contributed by atoms with E-state index >= 15 is 0 Å². The Balaban J connectivity index is 1.53. The fourth-order valence-electron chi connectivity index (χ4n) is 3.08. The first-order valence-corrected chi connectivity index (χ1v) is 10.0. The summed E-state index contributed by atoms with van der Waals surface area (Å²) >= 11 is 3.51. The number of anilines is 2. The molecule has 1 aliphatic heterocycles. The van der Waals surface area contributed by atoms with E-state index in [9.17, 15) is 5.11 Å². The Morgan fingerprint density at radius 2 is 1.75 bits per heavy atom. The molecule has 0 unspecified atom stereocenters. The summed E-state index contributed by atoms with van der Waals surface area (Å²) < 4.78 is 1.25. The van der Waals surface area contributed by atoms with Crippen LogP contribution in [0, 0.1) is 0 Å². The molecule has 0 amide bonds. The molecule has 0 saturated carbocycles. The zero-order valence-electron chi connectivity index (χ0n) is 13.5. The van der Waals surface area contributed by atoms with Gasteiger partial charge in [-0.3, -0.25) is 0 Å². The highest BCUT2D eigenvalue weighted by Gasteiger charge is 2.21. The Labute approximate surface area is 149 Å². The molecule has 1 N–H and O–H groups in total. The Hall–Kier alpha value is -1.92. The zero-order valence-corrected chi connectivity index (χ0v) is 15.1. The third-order valence-corrected chi connectivity index (χ3v) is 6.21. The van der Waals surface area contributed by atoms with Gasteiger partial charge in [0.15, 0.2) is 5.13 Å². The largest absolute Gasteiger partial charge is 0.506 e. The Morgan fingerprint density at radius 1 is 1.00 bits per heavy atom. The van der Waals surface area contributed by atoms with Crippen molar-refractivity contribution in [1.29, 1.82) is 0 Å². The Morgan fingerprint density at radius 3 is 2.50 bits per heavy atom. The number of nitrogens with zero attached hydrogens (tertiary/aromatic N) is 3. The lowest BCUT2D eigenvalue weighted by Gasteiger charge is -2.36. The summed E-state index contributed by atoms with van der Waals surface area (Å²) in [5.74, 6) is 0.357. The number of hydrogen-bond donors (Lipinski definition) is 1. The van der Waals surface area contributed by atoms with Gasteiger partial charge in [-0.05, 0) is 30.5 Å². The van der Waals surface area contributed by atoms with E-state index in [1.54, 1.807) is 29.2 Å². The molecular weight excluding hydrogens is 338 g/mol. The topological polar surface area (TPSA) is 39.6 Å². The van der Waals surface area contributed by atoms with Crippen molar-refractivity contribution in [1.82, 2.24) is 4.98 Å². The summed E-state index contributed by atoms with van der Waals surface area (Å²) in [5.41, 5.74) is 2.04. The van der Waals surface area contributed by atoms with Gasteiger partial charge >= 0.3 is 0 Å². The fraction of sp³-hybridized carbons (Fsp3) is 0.278. The molecular formula is C18H19N3OS2. The minimum atomic E-state index is 0.357. The van der Waals surface area contributed by atoms with Gasteiger partial charge in [-0.25, -0.2) is 4.98 Å². The van der Waals surface area contributed by atoms with Crippen LogP contribution < -0.4 is 9.80 Å². The number of fused-ring (bicyclic) bond motifs is 1. The van der Waals surface area contributed by atoms with Crippen molar-refractivity contribution >= 4 is 44.1 Å². The number of aromatic hydroxyl groups is 1. The van der Waals surface area contributed by atoms with Crippen molar-refractivity contribution in [3.8, 4) is 5.75 Å². The number of phenols is 1. The van der Waals surface area contributed by atoms with Crippen molar-refractivity contribution in [2.75, 3.05) is 42.2 Å². The quantitative estimate of drug-likeness (QED) is 0.716. The summed E-state index contributed by atoms with van der Waals surface area (Å²) in [6.07, 6.45) is 2.10. The predicted molar refractivity (Wildman–Crippen MR) is 104 cm³/mol. The second-order valence-corrected chi connectivity index (χ2v) is 7.62. The van der Waals surface area contributed by atoms with Crippen LogP contribution in [0.3, 0.4) is 0 Å². The molecule has 24 heavy (non-hydrogen) atoms. The maximum absolute atomic E-state index is 10.0. The van der Waals surface area contributed by atoms with Crippen LogP contribution in [-0.4, -0.2) is 42.5 Å². The van der Waals surface area contributed by atoms with Crippen molar-refractivity contribution in [2.24, 2.45) is 0 Å². The molecule has 0 aliphatic carbocycles. The van der Waals surface area contributed by atoms with Gasteiger partial charge in [0.2, 0.25) is 0 Å². The molecule has 1 saturated heterocycles. The number of hydrogen-bond acceptors (Lipinski definition) is 6. The number of aromatic nitrogens is 1. The number of thioether (sulfide) groups is 1. The van der Waals surface area contributed by atoms with Crippen LogP contribution in [0.25, 0.3) is 10.2 Å². The molecule has 124 valence electrons. The molecule has 3 aromatic rings. The summed E-state index contributed by atoms with van der Waals surface area (Å²) in [6.45, 7) is 3.62. The molecule has 0 radical (unpaired) electrons. The highest BCUT2D eigenvalue weighted by Crippen LogP contribution is 2.35. The standard InChI is InChI=1S/C18H19N3OS2/c1-23-15-7-4-8-16-17(15)19-18(24-16)21-11-9-20(10-12-21)13-5-2-3-6-14(13)22/h2-8,22H,9-12H2,1H3. The van der Waals surface area contributed by atoms with Crippen LogP contribution in [0.5, 0.6) is 5.75 Å². The molecule has 4 nitrogen and oxygen atoms in total. The summed E-state index contributed by atoms with van der Waals surface area (Å²) in [7, 11) is 0. The van der Waals surface area contributed by atoms with Gasteiger partial charge in [-0.1, -0.05) is 29.5 Å². The van der Waals surface area contributed by atoms with Gasteiger partial charge in [0.25, 0.3) is 0 Å². The maximum atomic E-state index is 10.0. The Kier molecular flexibility index (Phi) is 4.24. The Bertz CT molecular complexity index is 856. The predicted octanol–water partition coefficient (Wildman–Crippen LogP) is 4.05. The molecule has 1 aliphatic rings. The second kappa shape index (κ2) is 6.53. The van der Waals surface area contributed by atoms with E-state index in [1.807, 2.05) is 18.2 Å². The van der Waals surface area contributed by atoms with Gasteiger partial charge in [-0.15, -0.1) is 11.8 Å². The third-order valence-electron chi connectivity index (χ3n) is 4.36. The molecule has 6 heteroatoms. The summed E-state index contributed by atoms with van der Waals surface area (Å²) in [6, 6.07) is 13.9. The minimum Gasteiger partial charge on any atom is -0.506 e. The normalized spacial score (nSPS) is 15.2. The van der Waals surface area contributed by atoms with Crippen LogP contribution in [0.2, 0.25) is 0 Å². The molecule has 2 heterocycles. The second-order valence-electron chi connectivity index (χ2n) is 5.77. The van der Waals surface area contributed by atoms with Crippen molar-refractivity contribution in [3.63, 3.8) is 0 Å². The van der Waals surface area contributed by atoms with E-state index in [1.165, 1.54) is 9.60 Å². The van der Waals surface area contributed by atoms with Gasteiger partial charge in [0.05, 0.1) is 15.9 Å². The fourth-order valence-corrected chi connectivity index (χ4v) is 4.75. The highest BCUT2D eigenvalue weighted by molar-refractivity contribution is 7.98. The first-order chi connectivity index (χ1) is 11.8. The molecule has 1 aromatic heterocycles. The van der Waals surface area contributed by atoms with E-state index in [2.05, 4.69) is 34.3 Å². The van der Waals surface area contributed by atoms with Gasteiger partial charge in [0, 0.05) is 31.1 Å². The van der Waals surface area contributed by atoms with Crippen LogP contribution in [0.1, 0.15) is 0 Å². The van der Waals surface area contributed by atoms with E-state index in [4.69, 9.17) is 4.98 Å². The average Bonchev–Trinajstić information content (AvgIpc) is 3.06. The van der Waals surface area contributed by atoms with Crippen molar-refractivity contribution < 1.29 is 5.11 Å². The van der Waals surface area contributed by atoms with E-state index in [0.717, 1.165) is 42.5 Å². The number of para-hydroxylation sites is 3. The van der Waals surface area contributed by atoms with Crippen LogP contribution >= 0.6 is 23.1 Å². The minimum absolute atomic E-state index is 0.357. The average molecular weight is 358 g/mol.